The quantitative estimate of drug-likeness (QED) is 0.742. The minimum Gasteiger partial charge on any atom is -0.289 e. The summed E-state index contributed by atoms with van der Waals surface area (Å²) in [4.78, 5) is 12.4. The number of aryl methyl sites for hydroxylation is 2. The van der Waals surface area contributed by atoms with Crippen molar-refractivity contribution in [3.8, 4) is 0 Å². The van der Waals surface area contributed by atoms with E-state index >= 15 is 0 Å². The average molecular weight is 281 g/mol. The van der Waals surface area contributed by atoms with E-state index in [-0.39, 0.29) is 10.6 Å². The van der Waals surface area contributed by atoms with Crippen LogP contribution < -0.4 is 0 Å². The van der Waals surface area contributed by atoms with Gasteiger partial charge in [0.15, 0.2) is 5.78 Å². The van der Waals surface area contributed by atoms with Gasteiger partial charge in [0.05, 0.1) is 5.02 Å². The average Bonchev–Trinajstić information content (AvgIpc) is 2.31. The van der Waals surface area contributed by atoms with Gasteiger partial charge >= 0.3 is 0 Å². The van der Waals surface area contributed by atoms with E-state index in [9.17, 15) is 13.6 Å². The predicted octanol–water partition coefficient (Wildman–Crippen LogP) is 4.47. The number of benzene rings is 2. The number of ketones is 1. The lowest BCUT2D eigenvalue weighted by molar-refractivity contribution is 0.103. The SMILES string of the molecule is Cc1cc(F)cc(C)c1C(=O)c1cccc(F)c1Cl. The van der Waals surface area contributed by atoms with E-state index in [4.69, 9.17) is 11.6 Å². The van der Waals surface area contributed by atoms with Crippen LogP contribution in [0.15, 0.2) is 30.3 Å². The molecule has 2 rings (SSSR count). The molecular formula is C15H11ClF2O. The highest BCUT2D eigenvalue weighted by molar-refractivity contribution is 6.35. The minimum absolute atomic E-state index is 0.0828. The zero-order valence-corrected chi connectivity index (χ0v) is 11.2. The molecule has 2 aromatic rings. The summed E-state index contributed by atoms with van der Waals surface area (Å²) < 4.78 is 26.6. The zero-order valence-electron chi connectivity index (χ0n) is 10.4. The van der Waals surface area contributed by atoms with E-state index in [0.717, 1.165) is 0 Å². The summed E-state index contributed by atoms with van der Waals surface area (Å²) in [6.07, 6.45) is 0. The first-order valence-corrected chi connectivity index (χ1v) is 6.05. The lowest BCUT2D eigenvalue weighted by Gasteiger charge is -2.10. The Hall–Kier alpha value is -1.74. The summed E-state index contributed by atoms with van der Waals surface area (Å²) in [5.74, 6) is -1.46. The van der Waals surface area contributed by atoms with Crippen molar-refractivity contribution in [3.05, 3.63) is 69.2 Å². The Balaban J connectivity index is 2.60. The van der Waals surface area contributed by atoms with Gasteiger partial charge in [-0.1, -0.05) is 17.7 Å². The summed E-state index contributed by atoms with van der Waals surface area (Å²) in [5, 5.41) is -0.212. The maximum atomic E-state index is 13.4. The number of halogens is 3. The standard InChI is InChI=1S/C15H11ClF2O/c1-8-6-10(17)7-9(2)13(8)15(19)11-4-3-5-12(18)14(11)16/h3-7H,1-2H3. The molecule has 2 aromatic carbocycles. The van der Waals surface area contributed by atoms with Crippen LogP contribution in [0, 0.1) is 25.5 Å². The Labute approximate surface area is 114 Å². The summed E-state index contributed by atoms with van der Waals surface area (Å²) in [6.45, 7) is 3.27. The molecule has 0 saturated carbocycles. The van der Waals surface area contributed by atoms with E-state index in [2.05, 4.69) is 0 Å². The monoisotopic (exact) mass is 280 g/mol. The van der Waals surface area contributed by atoms with E-state index in [0.29, 0.717) is 16.7 Å². The van der Waals surface area contributed by atoms with Gasteiger partial charge in [-0.2, -0.15) is 0 Å². The van der Waals surface area contributed by atoms with Gasteiger partial charge in [-0.05, 0) is 49.2 Å². The molecule has 98 valence electrons. The number of rotatable bonds is 2. The molecule has 0 aromatic heterocycles. The van der Waals surface area contributed by atoms with Gasteiger partial charge in [0.1, 0.15) is 11.6 Å². The van der Waals surface area contributed by atoms with Gasteiger partial charge in [0, 0.05) is 11.1 Å². The highest BCUT2D eigenvalue weighted by atomic mass is 35.5. The topological polar surface area (TPSA) is 17.1 Å². The third-order valence-electron chi connectivity index (χ3n) is 2.92. The second kappa shape index (κ2) is 5.10. The van der Waals surface area contributed by atoms with Crippen LogP contribution in [0.4, 0.5) is 8.78 Å². The third kappa shape index (κ3) is 2.51. The second-order valence-corrected chi connectivity index (χ2v) is 4.72. The molecule has 0 atom stereocenters. The van der Waals surface area contributed by atoms with Crippen LogP contribution in [-0.4, -0.2) is 5.78 Å². The van der Waals surface area contributed by atoms with Crippen LogP contribution >= 0.6 is 11.6 Å². The Bertz CT molecular complexity index is 642. The Morgan fingerprint density at radius 3 is 2.26 bits per heavy atom. The van der Waals surface area contributed by atoms with Crippen molar-refractivity contribution >= 4 is 17.4 Å². The van der Waals surface area contributed by atoms with Crippen molar-refractivity contribution in [3.63, 3.8) is 0 Å². The molecule has 4 heteroatoms. The van der Waals surface area contributed by atoms with E-state index in [1.54, 1.807) is 13.8 Å². The molecule has 0 spiro atoms. The van der Waals surface area contributed by atoms with Gasteiger partial charge in [-0.25, -0.2) is 8.78 Å². The molecule has 0 bridgehead atoms. The van der Waals surface area contributed by atoms with E-state index in [1.165, 1.54) is 30.3 Å². The number of hydrogen-bond acceptors (Lipinski definition) is 1. The first kappa shape index (κ1) is 13.7. The molecule has 0 radical (unpaired) electrons. The highest BCUT2D eigenvalue weighted by Crippen LogP contribution is 2.25. The van der Waals surface area contributed by atoms with Gasteiger partial charge in [-0.3, -0.25) is 4.79 Å². The maximum absolute atomic E-state index is 13.4. The van der Waals surface area contributed by atoms with Crippen LogP contribution in [0.25, 0.3) is 0 Å². The molecule has 19 heavy (non-hydrogen) atoms. The van der Waals surface area contributed by atoms with Gasteiger partial charge in [-0.15, -0.1) is 0 Å². The Morgan fingerprint density at radius 2 is 1.68 bits per heavy atom. The molecule has 0 aliphatic carbocycles. The second-order valence-electron chi connectivity index (χ2n) is 4.35. The van der Waals surface area contributed by atoms with Crippen LogP contribution in [0.1, 0.15) is 27.0 Å². The summed E-state index contributed by atoms with van der Waals surface area (Å²) >= 11 is 5.80. The number of carbonyl (C=O) groups is 1. The van der Waals surface area contributed by atoms with Crippen molar-refractivity contribution in [2.45, 2.75) is 13.8 Å². The summed E-state index contributed by atoms with van der Waals surface area (Å²) in [6, 6.07) is 6.60. The molecule has 0 unspecified atom stereocenters. The summed E-state index contributed by atoms with van der Waals surface area (Å²) in [7, 11) is 0. The Morgan fingerprint density at radius 1 is 1.11 bits per heavy atom. The fraction of sp³-hybridized carbons (Fsp3) is 0.133. The smallest absolute Gasteiger partial charge is 0.195 e. The lowest BCUT2D eigenvalue weighted by atomic mass is 9.94. The molecular weight excluding hydrogens is 270 g/mol. The maximum Gasteiger partial charge on any atom is 0.195 e. The van der Waals surface area contributed by atoms with Crippen LogP contribution in [-0.2, 0) is 0 Å². The van der Waals surface area contributed by atoms with Crippen LogP contribution in [0.3, 0.4) is 0 Å². The molecule has 0 heterocycles. The lowest BCUT2D eigenvalue weighted by Crippen LogP contribution is -2.08. The van der Waals surface area contributed by atoms with Crippen molar-refractivity contribution in [1.82, 2.24) is 0 Å². The minimum atomic E-state index is -0.648. The van der Waals surface area contributed by atoms with E-state index in [1.807, 2.05) is 0 Å². The zero-order chi connectivity index (χ0) is 14.2. The molecule has 0 aliphatic heterocycles. The fourth-order valence-corrected chi connectivity index (χ4v) is 2.29. The molecule has 0 amide bonds. The third-order valence-corrected chi connectivity index (χ3v) is 3.30. The molecule has 0 aliphatic rings. The van der Waals surface area contributed by atoms with Gasteiger partial charge < -0.3 is 0 Å². The van der Waals surface area contributed by atoms with Gasteiger partial charge in [0.2, 0.25) is 0 Å². The van der Waals surface area contributed by atoms with Crippen molar-refractivity contribution in [1.29, 1.82) is 0 Å². The molecule has 0 N–H and O–H groups in total. The number of hydrogen-bond donors (Lipinski definition) is 0. The molecule has 0 saturated heterocycles. The van der Waals surface area contributed by atoms with E-state index < -0.39 is 17.4 Å². The first-order valence-electron chi connectivity index (χ1n) is 5.67. The van der Waals surface area contributed by atoms with Crippen LogP contribution in [0.5, 0.6) is 0 Å². The van der Waals surface area contributed by atoms with Gasteiger partial charge in [0.25, 0.3) is 0 Å². The van der Waals surface area contributed by atoms with Crippen molar-refractivity contribution < 1.29 is 13.6 Å². The predicted molar refractivity (Wildman–Crippen MR) is 70.7 cm³/mol. The number of carbonyl (C=O) groups excluding carboxylic acids is 1. The van der Waals surface area contributed by atoms with Crippen molar-refractivity contribution in [2.75, 3.05) is 0 Å². The fourth-order valence-electron chi connectivity index (χ4n) is 2.08. The van der Waals surface area contributed by atoms with Crippen LogP contribution in [0.2, 0.25) is 5.02 Å². The molecule has 1 nitrogen and oxygen atoms in total. The highest BCUT2D eigenvalue weighted by Gasteiger charge is 2.19. The largest absolute Gasteiger partial charge is 0.289 e. The van der Waals surface area contributed by atoms with Crippen molar-refractivity contribution in [2.24, 2.45) is 0 Å². The normalized spacial score (nSPS) is 10.6. The molecule has 0 fully saturated rings. The Kier molecular flexibility index (Phi) is 3.67. The summed E-state index contributed by atoms with van der Waals surface area (Å²) in [5.41, 5.74) is 1.44. The first-order chi connectivity index (χ1) is 8.91.